The molecule has 11 nitrogen and oxygen atoms in total. The standard InChI is InChI=1S/C23H23N9O2/c1-14-4-5-17(22-27-29-30(3)28-22)8-20(14)26-23(34)19-11-25-32-7-6-16(9-21(19)32)18-10-24-31(13-18)12-15(2)33/h4-11,13,15,33H,12H2,1-3H3,(H,26,34)/t15-/m1/s1. The quantitative estimate of drug-likeness (QED) is 0.400. The van der Waals surface area contributed by atoms with Crippen LogP contribution in [0.2, 0.25) is 0 Å². The van der Waals surface area contributed by atoms with Crippen LogP contribution in [0.5, 0.6) is 0 Å². The van der Waals surface area contributed by atoms with Gasteiger partial charge in [-0.3, -0.25) is 9.48 Å². The molecule has 0 bridgehead atoms. The maximum atomic E-state index is 13.2. The number of aromatic nitrogens is 8. The van der Waals surface area contributed by atoms with Crippen LogP contribution in [-0.4, -0.2) is 56.7 Å². The van der Waals surface area contributed by atoms with Crippen molar-refractivity contribution in [3.63, 3.8) is 0 Å². The van der Waals surface area contributed by atoms with Crippen LogP contribution in [0.25, 0.3) is 28.0 Å². The summed E-state index contributed by atoms with van der Waals surface area (Å²) in [6.45, 7) is 4.04. The number of hydrogen-bond acceptors (Lipinski definition) is 7. The Morgan fingerprint density at radius 2 is 1.97 bits per heavy atom. The van der Waals surface area contributed by atoms with E-state index in [1.165, 1.54) is 4.80 Å². The smallest absolute Gasteiger partial charge is 0.259 e. The molecule has 0 fully saturated rings. The Bertz CT molecular complexity index is 1500. The Morgan fingerprint density at radius 3 is 2.74 bits per heavy atom. The highest BCUT2D eigenvalue weighted by Crippen LogP contribution is 2.25. The Hall–Kier alpha value is -4.38. The summed E-state index contributed by atoms with van der Waals surface area (Å²) in [5.41, 5.74) is 5.21. The zero-order valence-corrected chi connectivity index (χ0v) is 18.9. The first kappa shape index (κ1) is 21.5. The number of amides is 1. The van der Waals surface area contributed by atoms with E-state index >= 15 is 0 Å². The van der Waals surface area contributed by atoms with Crippen molar-refractivity contribution in [3.8, 4) is 22.5 Å². The van der Waals surface area contributed by atoms with E-state index in [1.54, 1.807) is 41.8 Å². The number of rotatable bonds is 6. The van der Waals surface area contributed by atoms with Gasteiger partial charge in [0.05, 0.1) is 43.2 Å². The topological polar surface area (TPSA) is 128 Å². The minimum Gasteiger partial charge on any atom is -0.391 e. The molecule has 11 heteroatoms. The van der Waals surface area contributed by atoms with Crippen LogP contribution in [0.1, 0.15) is 22.8 Å². The van der Waals surface area contributed by atoms with Crippen molar-refractivity contribution >= 4 is 17.1 Å². The predicted octanol–water partition coefficient (Wildman–Crippen LogP) is 2.33. The molecule has 2 N–H and O–H groups in total. The molecule has 4 aromatic heterocycles. The highest BCUT2D eigenvalue weighted by atomic mass is 16.3. The molecular weight excluding hydrogens is 434 g/mol. The third-order valence-corrected chi connectivity index (χ3v) is 5.44. The first-order valence-electron chi connectivity index (χ1n) is 10.7. The maximum Gasteiger partial charge on any atom is 0.259 e. The van der Waals surface area contributed by atoms with Gasteiger partial charge >= 0.3 is 0 Å². The van der Waals surface area contributed by atoms with E-state index < -0.39 is 6.10 Å². The van der Waals surface area contributed by atoms with Crippen LogP contribution in [0, 0.1) is 6.92 Å². The first-order valence-corrected chi connectivity index (χ1v) is 10.7. The molecule has 1 atom stereocenters. The molecule has 0 aliphatic rings. The van der Waals surface area contributed by atoms with Gasteiger partial charge in [0.25, 0.3) is 5.91 Å². The SMILES string of the molecule is Cc1ccc(-c2nnn(C)n2)cc1NC(=O)c1cnn2ccc(-c3cnn(C[C@@H](C)O)c3)cc12. The lowest BCUT2D eigenvalue weighted by Crippen LogP contribution is -2.12. The number of nitrogens with one attached hydrogen (secondary N) is 1. The lowest BCUT2D eigenvalue weighted by Gasteiger charge is -2.09. The third-order valence-electron chi connectivity index (χ3n) is 5.44. The number of nitrogens with zero attached hydrogens (tertiary/aromatic N) is 8. The maximum absolute atomic E-state index is 13.2. The zero-order chi connectivity index (χ0) is 23.8. The Kier molecular flexibility index (Phi) is 5.38. The average Bonchev–Trinajstić information content (AvgIpc) is 3.54. The van der Waals surface area contributed by atoms with Crippen LogP contribution in [-0.2, 0) is 13.6 Å². The van der Waals surface area contributed by atoms with Crippen molar-refractivity contribution in [2.75, 3.05) is 5.32 Å². The second kappa shape index (κ2) is 8.52. The van der Waals surface area contributed by atoms with Gasteiger partial charge < -0.3 is 10.4 Å². The number of tetrazole rings is 1. The molecule has 1 aromatic carbocycles. The van der Waals surface area contributed by atoms with Gasteiger partial charge in [0.1, 0.15) is 0 Å². The molecule has 0 aliphatic carbocycles. The summed E-state index contributed by atoms with van der Waals surface area (Å²) in [5.74, 6) is 0.207. The summed E-state index contributed by atoms with van der Waals surface area (Å²) < 4.78 is 3.35. The number of carbonyl (C=O) groups excluding carboxylic acids is 1. The fourth-order valence-corrected chi connectivity index (χ4v) is 3.70. The van der Waals surface area contributed by atoms with Crippen LogP contribution in [0.15, 0.2) is 55.1 Å². The predicted molar refractivity (Wildman–Crippen MR) is 125 cm³/mol. The second-order valence-corrected chi connectivity index (χ2v) is 8.19. The molecule has 0 saturated heterocycles. The van der Waals surface area contributed by atoms with Gasteiger partial charge in [-0.1, -0.05) is 12.1 Å². The summed E-state index contributed by atoms with van der Waals surface area (Å²) in [7, 11) is 1.70. The molecule has 172 valence electrons. The van der Waals surface area contributed by atoms with E-state index in [1.807, 2.05) is 43.5 Å². The number of benzene rings is 1. The molecule has 0 saturated carbocycles. The Balaban J connectivity index is 1.44. The van der Waals surface area contributed by atoms with Gasteiger partial charge in [0.2, 0.25) is 5.82 Å². The average molecular weight is 457 g/mol. The van der Waals surface area contributed by atoms with Gasteiger partial charge in [-0.15, -0.1) is 10.2 Å². The molecule has 1 amide bonds. The van der Waals surface area contributed by atoms with E-state index in [9.17, 15) is 9.90 Å². The van der Waals surface area contributed by atoms with Crippen molar-refractivity contribution in [1.82, 2.24) is 39.6 Å². The third kappa shape index (κ3) is 4.16. The van der Waals surface area contributed by atoms with Crippen molar-refractivity contribution in [1.29, 1.82) is 0 Å². The van der Waals surface area contributed by atoms with Crippen LogP contribution < -0.4 is 5.32 Å². The van der Waals surface area contributed by atoms with Gasteiger partial charge in [-0.05, 0) is 48.4 Å². The summed E-state index contributed by atoms with van der Waals surface area (Å²) in [6.07, 6.45) is 6.46. The summed E-state index contributed by atoms with van der Waals surface area (Å²) in [4.78, 5) is 14.6. The number of carbonyl (C=O) groups is 1. The van der Waals surface area contributed by atoms with E-state index in [0.29, 0.717) is 29.1 Å². The molecular formula is C23H23N9O2. The molecule has 0 unspecified atom stereocenters. The minimum absolute atomic E-state index is 0.274. The van der Waals surface area contributed by atoms with E-state index in [0.717, 1.165) is 22.3 Å². The zero-order valence-electron chi connectivity index (χ0n) is 18.9. The number of aryl methyl sites for hydroxylation is 2. The normalized spacial score (nSPS) is 12.2. The number of fused-ring (bicyclic) bond motifs is 1. The molecule has 0 aliphatic heterocycles. The van der Waals surface area contributed by atoms with E-state index in [2.05, 4.69) is 30.9 Å². The lowest BCUT2D eigenvalue weighted by molar-refractivity contribution is 0.102. The highest BCUT2D eigenvalue weighted by molar-refractivity contribution is 6.09. The van der Waals surface area contributed by atoms with Crippen molar-refractivity contribution < 1.29 is 9.90 Å². The van der Waals surface area contributed by atoms with E-state index in [4.69, 9.17) is 0 Å². The molecule has 0 radical (unpaired) electrons. The second-order valence-electron chi connectivity index (χ2n) is 8.19. The van der Waals surface area contributed by atoms with Gasteiger partial charge in [-0.2, -0.15) is 15.0 Å². The molecule has 0 spiro atoms. The number of anilines is 1. The number of hydrogen-bond donors (Lipinski definition) is 2. The molecule has 5 aromatic rings. The number of aliphatic hydroxyl groups excluding tert-OH is 1. The van der Waals surface area contributed by atoms with Crippen LogP contribution in [0.4, 0.5) is 5.69 Å². The van der Waals surface area contributed by atoms with Crippen molar-refractivity contribution in [2.24, 2.45) is 7.05 Å². The minimum atomic E-state index is -0.493. The monoisotopic (exact) mass is 457 g/mol. The van der Waals surface area contributed by atoms with Crippen molar-refractivity contribution in [2.45, 2.75) is 26.5 Å². The Morgan fingerprint density at radius 1 is 1.12 bits per heavy atom. The van der Waals surface area contributed by atoms with E-state index in [-0.39, 0.29) is 5.91 Å². The fraction of sp³-hybridized carbons (Fsp3) is 0.217. The summed E-state index contributed by atoms with van der Waals surface area (Å²) in [5, 5.41) is 33.3. The van der Waals surface area contributed by atoms with Gasteiger partial charge in [0, 0.05) is 29.2 Å². The first-order chi connectivity index (χ1) is 16.4. The molecule has 4 heterocycles. The molecule has 34 heavy (non-hydrogen) atoms. The Labute approximate surface area is 194 Å². The van der Waals surface area contributed by atoms with Gasteiger partial charge in [0.15, 0.2) is 0 Å². The largest absolute Gasteiger partial charge is 0.391 e. The lowest BCUT2D eigenvalue weighted by atomic mass is 10.1. The van der Waals surface area contributed by atoms with Gasteiger partial charge in [-0.25, -0.2) is 4.52 Å². The summed E-state index contributed by atoms with van der Waals surface area (Å²) >= 11 is 0. The highest BCUT2D eigenvalue weighted by Gasteiger charge is 2.16. The van der Waals surface area contributed by atoms with Crippen LogP contribution in [0.3, 0.4) is 0 Å². The number of aliphatic hydroxyl groups is 1. The van der Waals surface area contributed by atoms with Crippen LogP contribution >= 0.6 is 0 Å². The molecule has 5 rings (SSSR count). The number of pyridine rings is 1. The van der Waals surface area contributed by atoms with Crippen molar-refractivity contribution in [3.05, 3.63) is 66.2 Å². The fourth-order valence-electron chi connectivity index (χ4n) is 3.70. The summed E-state index contributed by atoms with van der Waals surface area (Å²) in [6, 6.07) is 9.44.